The largest absolute Gasteiger partial charge is 0.493 e. The number of hydrogen-bond acceptors (Lipinski definition) is 7. The molecule has 0 saturated heterocycles. The zero-order valence-electron chi connectivity index (χ0n) is 18.4. The predicted octanol–water partition coefficient (Wildman–Crippen LogP) is 0.671. The summed E-state index contributed by atoms with van der Waals surface area (Å²) in [6.45, 7) is 0.0481. The summed E-state index contributed by atoms with van der Waals surface area (Å²) in [5.74, 6) is 10.1. The van der Waals surface area contributed by atoms with Gasteiger partial charge in [0.1, 0.15) is 11.5 Å². The number of nitrogens with zero attached hydrogens (tertiary/aromatic N) is 4. The second kappa shape index (κ2) is 8.89. The first kappa shape index (κ1) is 21.7. The Labute approximate surface area is 189 Å². The van der Waals surface area contributed by atoms with Crippen LogP contribution in [0.25, 0.3) is 0 Å². The van der Waals surface area contributed by atoms with Crippen molar-refractivity contribution in [2.24, 2.45) is 0 Å². The van der Waals surface area contributed by atoms with E-state index in [2.05, 4.69) is 33.0 Å². The minimum Gasteiger partial charge on any atom is -0.493 e. The summed E-state index contributed by atoms with van der Waals surface area (Å²) in [7, 11) is 4.85. The lowest BCUT2D eigenvalue weighted by molar-refractivity contribution is 0.355. The normalized spacial score (nSPS) is 14.0. The van der Waals surface area contributed by atoms with Gasteiger partial charge in [-0.15, -0.1) is 6.42 Å². The van der Waals surface area contributed by atoms with Crippen molar-refractivity contribution >= 4 is 11.5 Å². The van der Waals surface area contributed by atoms with Gasteiger partial charge < -0.3 is 24.7 Å². The molecule has 3 heterocycles. The van der Waals surface area contributed by atoms with E-state index in [-0.39, 0.29) is 13.1 Å². The predicted molar refractivity (Wildman–Crippen MR) is 124 cm³/mol. The summed E-state index contributed by atoms with van der Waals surface area (Å²) >= 11 is 0. The Balaban J connectivity index is 1.75. The molecule has 3 aromatic rings. The fraction of sp³-hybridized carbons (Fsp3) is 0.261. The standard InChI is InChI=1S/C23H22N6O4/c1-5-10-28-22(30)20-21(29(23(28)31)13-16-12-24-14-25-16)26-19(27(20)2)9-7-15-6-8-17(32-3)18(11-15)33-4/h1,6,8,11-12,14,19,26H,10,13H2,2-4H3,(H,24,25). The van der Waals surface area contributed by atoms with Crippen LogP contribution in [0.5, 0.6) is 11.5 Å². The van der Waals surface area contributed by atoms with Gasteiger partial charge in [0.05, 0.1) is 39.3 Å². The van der Waals surface area contributed by atoms with E-state index in [1.165, 1.54) is 10.9 Å². The van der Waals surface area contributed by atoms with Crippen LogP contribution in [0.1, 0.15) is 11.3 Å². The third-order valence-corrected chi connectivity index (χ3v) is 5.29. The van der Waals surface area contributed by atoms with Crippen LogP contribution in [-0.4, -0.2) is 46.5 Å². The third kappa shape index (κ3) is 3.90. The molecule has 0 fully saturated rings. The molecule has 10 nitrogen and oxygen atoms in total. The fourth-order valence-corrected chi connectivity index (χ4v) is 3.62. The maximum absolute atomic E-state index is 13.1. The van der Waals surface area contributed by atoms with Crippen molar-refractivity contribution in [1.29, 1.82) is 0 Å². The highest BCUT2D eigenvalue weighted by Crippen LogP contribution is 2.30. The second-order valence-electron chi connectivity index (χ2n) is 7.24. The van der Waals surface area contributed by atoms with Gasteiger partial charge in [0, 0.05) is 18.8 Å². The lowest BCUT2D eigenvalue weighted by atomic mass is 10.2. The number of benzene rings is 1. The lowest BCUT2D eigenvalue weighted by Gasteiger charge is -2.16. The Bertz CT molecular complexity index is 1400. The molecule has 0 spiro atoms. The first-order valence-corrected chi connectivity index (χ1v) is 9.99. The molecule has 2 N–H and O–H groups in total. The van der Waals surface area contributed by atoms with Crippen LogP contribution in [0.2, 0.25) is 0 Å². The minimum atomic E-state index is -0.546. The maximum Gasteiger partial charge on any atom is 0.333 e. The molecular formula is C23H22N6O4. The maximum atomic E-state index is 13.1. The molecule has 1 aromatic carbocycles. The number of terminal acetylenes is 1. The van der Waals surface area contributed by atoms with E-state index in [1.54, 1.807) is 44.5 Å². The smallest absolute Gasteiger partial charge is 0.333 e. The molecule has 2 aromatic heterocycles. The molecule has 0 aliphatic carbocycles. The molecule has 1 aliphatic rings. The fourth-order valence-electron chi connectivity index (χ4n) is 3.62. The van der Waals surface area contributed by atoms with Crippen molar-refractivity contribution in [2.45, 2.75) is 19.3 Å². The average Bonchev–Trinajstić information content (AvgIpc) is 3.45. The van der Waals surface area contributed by atoms with Crippen molar-refractivity contribution in [2.75, 3.05) is 31.5 Å². The number of nitrogens with one attached hydrogen (secondary N) is 2. The zero-order chi connectivity index (χ0) is 23.5. The van der Waals surface area contributed by atoms with Gasteiger partial charge in [-0.05, 0) is 18.2 Å². The Morgan fingerprint density at radius 2 is 1.97 bits per heavy atom. The van der Waals surface area contributed by atoms with Gasteiger partial charge in [0.25, 0.3) is 5.56 Å². The molecular weight excluding hydrogens is 424 g/mol. The number of fused-ring (bicyclic) bond motifs is 1. The van der Waals surface area contributed by atoms with Crippen LogP contribution in [0.15, 0.2) is 40.3 Å². The highest BCUT2D eigenvalue weighted by molar-refractivity contribution is 5.73. The van der Waals surface area contributed by atoms with Crippen molar-refractivity contribution in [3.8, 4) is 35.7 Å². The summed E-state index contributed by atoms with van der Waals surface area (Å²) in [5, 5.41) is 3.20. The topological polar surface area (TPSA) is 106 Å². The molecule has 168 valence electrons. The van der Waals surface area contributed by atoms with Crippen molar-refractivity contribution in [3.05, 3.63) is 62.8 Å². The summed E-state index contributed by atoms with van der Waals surface area (Å²) in [6.07, 6.45) is 7.99. The minimum absolute atomic E-state index is 0.135. The Kier molecular flexibility index (Phi) is 5.83. The number of rotatable bonds is 5. The quantitative estimate of drug-likeness (QED) is 0.555. The molecule has 0 bridgehead atoms. The molecule has 1 aliphatic heterocycles. The first-order chi connectivity index (χ1) is 16.0. The van der Waals surface area contributed by atoms with E-state index >= 15 is 0 Å². The van der Waals surface area contributed by atoms with E-state index in [1.807, 2.05) is 6.07 Å². The number of aromatic amines is 1. The average molecular weight is 446 g/mol. The highest BCUT2D eigenvalue weighted by atomic mass is 16.5. The van der Waals surface area contributed by atoms with Crippen LogP contribution < -0.4 is 30.9 Å². The Morgan fingerprint density at radius 3 is 2.64 bits per heavy atom. The molecule has 0 radical (unpaired) electrons. The number of ether oxygens (including phenoxy) is 2. The first-order valence-electron chi connectivity index (χ1n) is 9.99. The number of anilines is 2. The van der Waals surface area contributed by atoms with Gasteiger partial charge in [0.2, 0.25) is 0 Å². The van der Waals surface area contributed by atoms with Crippen LogP contribution >= 0.6 is 0 Å². The van der Waals surface area contributed by atoms with E-state index in [9.17, 15) is 9.59 Å². The Hall–Kier alpha value is -4.57. The molecule has 0 saturated carbocycles. The monoisotopic (exact) mass is 446 g/mol. The summed E-state index contributed by atoms with van der Waals surface area (Å²) < 4.78 is 13.1. The lowest BCUT2D eigenvalue weighted by Crippen LogP contribution is -2.41. The van der Waals surface area contributed by atoms with Gasteiger partial charge >= 0.3 is 5.69 Å². The van der Waals surface area contributed by atoms with Crippen LogP contribution in [0.3, 0.4) is 0 Å². The highest BCUT2D eigenvalue weighted by Gasteiger charge is 2.32. The second-order valence-corrected chi connectivity index (χ2v) is 7.24. The summed E-state index contributed by atoms with van der Waals surface area (Å²) in [4.78, 5) is 34.8. The number of H-pyrrole nitrogens is 1. The Morgan fingerprint density at radius 1 is 1.18 bits per heavy atom. The van der Waals surface area contributed by atoms with E-state index in [0.717, 1.165) is 4.57 Å². The van der Waals surface area contributed by atoms with Crippen molar-refractivity contribution in [3.63, 3.8) is 0 Å². The van der Waals surface area contributed by atoms with E-state index in [0.29, 0.717) is 34.3 Å². The summed E-state index contributed by atoms with van der Waals surface area (Å²) in [5.41, 5.74) is 0.740. The van der Waals surface area contributed by atoms with Gasteiger partial charge in [-0.2, -0.15) is 0 Å². The van der Waals surface area contributed by atoms with Crippen LogP contribution in [0, 0.1) is 24.2 Å². The zero-order valence-corrected chi connectivity index (χ0v) is 18.4. The molecule has 1 unspecified atom stereocenters. The van der Waals surface area contributed by atoms with E-state index in [4.69, 9.17) is 15.9 Å². The molecule has 0 amide bonds. The third-order valence-electron chi connectivity index (χ3n) is 5.29. The van der Waals surface area contributed by atoms with Gasteiger partial charge in [-0.1, -0.05) is 17.8 Å². The van der Waals surface area contributed by atoms with Crippen molar-refractivity contribution < 1.29 is 9.47 Å². The number of hydrogen-bond donors (Lipinski definition) is 2. The van der Waals surface area contributed by atoms with E-state index < -0.39 is 17.4 Å². The van der Waals surface area contributed by atoms with Gasteiger partial charge in [0.15, 0.2) is 17.7 Å². The molecule has 10 heteroatoms. The van der Waals surface area contributed by atoms with Crippen LogP contribution in [-0.2, 0) is 13.1 Å². The molecule has 1 atom stereocenters. The van der Waals surface area contributed by atoms with Gasteiger partial charge in [-0.3, -0.25) is 9.36 Å². The van der Waals surface area contributed by atoms with Gasteiger partial charge in [-0.25, -0.2) is 14.3 Å². The van der Waals surface area contributed by atoms with Crippen LogP contribution in [0.4, 0.5) is 11.5 Å². The molecule has 4 rings (SSSR count). The molecule has 33 heavy (non-hydrogen) atoms. The SMILES string of the molecule is C#CCn1c(=O)c2c(n(Cc3cnc[nH]3)c1=O)NC(C#Cc1ccc(OC)c(OC)c1)N2C. The van der Waals surface area contributed by atoms with Crippen molar-refractivity contribution in [1.82, 2.24) is 19.1 Å². The number of methoxy groups -OCH3 is 2. The number of aromatic nitrogens is 4. The number of imidazole rings is 1. The summed E-state index contributed by atoms with van der Waals surface area (Å²) in [6, 6.07) is 5.34.